The zero-order chi connectivity index (χ0) is 20.0. The van der Waals surface area contributed by atoms with Gasteiger partial charge in [-0.15, -0.1) is 0 Å². The van der Waals surface area contributed by atoms with Crippen molar-refractivity contribution in [2.45, 2.75) is 32.9 Å². The molecule has 1 fully saturated rings. The fourth-order valence-electron chi connectivity index (χ4n) is 3.48. The molecule has 0 spiro atoms. The van der Waals surface area contributed by atoms with Gasteiger partial charge in [0.1, 0.15) is 5.82 Å². The number of benzene rings is 2. The number of carbonyl (C=O) groups is 2. The lowest BCUT2D eigenvalue weighted by molar-refractivity contribution is -0.132. The van der Waals surface area contributed by atoms with Gasteiger partial charge in [0, 0.05) is 26.2 Å². The smallest absolute Gasteiger partial charge is 0.317 e. The van der Waals surface area contributed by atoms with Gasteiger partial charge in [0.2, 0.25) is 5.91 Å². The molecule has 1 aliphatic rings. The molecule has 3 rings (SSSR count). The summed E-state index contributed by atoms with van der Waals surface area (Å²) in [6.07, 6.45) is 1.50. The third kappa shape index (κ3) is 5.09. The number of hydrogen-bond donors (Lipinski definition) is 2. The summed E-state index contributed by atoms with van der Waals surface area (Å²) in [5, 5.41) is 5.85. The fraction of sp³-hybridized carbons (Fsp3) is 0.364. The van der Waals surface area contributed by atoms with E-state index in [1.807, 2.05) is 37.3 Å². The van der Waals surface area contributed by atoms with Crippen molar-refractivity contribution < 1.29 is 14.0 Å². The Morgan fingerprint density at radius 3 is 2.36 bits per heavy atom. The van der Waals surface area contributed by atoms with Gasteiger partial charge in [0.25, 0.3) is 0 Å². The number of halogens is 1. The third-order valence-corrected chi connectivity index (χ3v) is 5.18. The highest BCUT2D eigenvalue weighted by Crippen LogP contribution is 2.30. The van der Waals surface area contributed by atoms with Gasteiger partial charge in [-0.3, -0.25) is 4.79 Å². The van der Waals surface area contributed by atoms with Crippen LogP contribution < -0.4 is 10.6 Å². The van der Waals surface area contributed by atoms with Crippen molar-refractivity contribution in [3.63, 3.8) is 0 Å². The molecule has 0 bridgehead atoms. The molecule has 6 heteroatoms. The van der Waals surface area contributed by atoms with E-state index in [9.17, 15) is 14.0 Å². The van der Waals surface area contributed by atoms with E-state index < -0.39 is 5.41 Å². The van der Waals surface area contributed by atoms with Crippen LogP contribution in [0.1, 0.15) is 30.9 Å². The summed E-state index contributed by atoms with van der Waals surface area (Å²) in [6, 6.07) is 15.6. The van der Waals surface area contributed by atoms with Gasteiger partial charge in [0.15, 0.2) is 0 Å². The number of amides is 3. The monoisotopic (exact) mass is 383 g/mol. The standard InChI is InChI=1S/C22H26FN3O2/c1-22(20(27)24-14-18-8-10-19(23)11-9-18)12-5-13-26(16-22)21(28)25-15-17-6-3-2-4-7-17/h2-4,6-11H,5,12-16H2,1H3,(H,24,27)(H,25,28)/t22-/m0/s1. The number of likely N-dealkylation sites (tertiary alicyclic amines) is 1. The zero-order valence-electron chi connectivity index (χ0n) is 16.1. The highest BCUT2D eigenvalue weighted by Gasteiger charge is 2.39. The Hall–Kier alpha value is -2.89. The molecule has 28 heavy (non-hydrogen) atoms. The maximum atomic E-state index is 13.0. The summed E-state index contributed by atoms with van der Waals surface area (Å²) in [7, 11) is 0. The molecule has 1 saturated heterocycles. The molecule has 1 aliphatic heterocycles. The van der Waals surface area contributed by atoms with Crippen molar-refractivity contribution in [1.82, 2.24) is 15.5 Å². The summed E-state index contributed by atoms with van der Waals surface area (Å²) in [6.45, 7) is 3.71. The van der Waals surface area contributed by atoms with Crippen molar-refractivity contribution in [1.29, 1.82) is 0 Å². The van der Waals surface area contributed by atoms with Crippen LogP contribution in [0.2, 0.25) is 0 Å². The Morgan fingerprint density at radius 1 is 1.00 bits per heavy atom. The normalized spacial score (nSPS) is 19.1. The lowest BCUT2D eigenvalue weighted by Gasteiger charge is -2.39. The van der Waals surface area contributed by atoms with Crippen molar-refractivity contribution >= 4 is 11.9 Å². The topological polar surface area (TPSA) is 61.4 Å². The Labute approximate surface area is 164 Å². The number of hydrogen-bond acceptors (Lipinski definition) is 2. The third-order valence-electron chi connectivity index (χ3n) is 5.18. The SMILES string of the molecule is C[C@]1(C(=O)NCc2ccc(F)cc2)CCCN(C(=O)NCc2ccccc2)C1. The Balaban J connectivity index is 1.53. The summed E-state index contributed by atoms with van der Waals surface area (Å²) in [5.74, 6) is -0.385. The van der Waals surface area contributed by atoms with Crippen molar-refractivity contribution in [3.05, 3.63) is 71.5 Å². The minimum atomic E-state index is -0.637. The molecular formula is C22H26FN3O2. The fourth-order valence-corrected chi connectivity index (χ4v) is 3.48. The summed E-state index contributed by atoms with van der Waals surface area (Å²) < 4.78 is 13.0. The van der Waals surface area contributed by atoms with Gasteiger partial charge in [0.05, 0.1) is 5.41 Å². The molecule has 2 aromatic rings. The van der Waals surface area contributed by atoms with E-state index in [0.717, 1.165) is 24.0 Å². The molecule has 0 radical (unpaired) electrons. The van der Waals surface area contributed by atoms with E-state index in [4.69, 9.17) is 0 Å². The minimum Gasteiger partial charge on any atom is -0.351 e. The van der Waals surface area contributed by atoms with Gasteiger partial charge in [-0.05, 0) is 43.0 Å². The zero-order valence-corrected chi connectivity index (χ0v) is 16.1. The minimum absolute atomic E-state index is 0.0858. The first kappa shape index (κ1) is 19.9. The predicted octanol–water partition coefficient (Wildman–Crippen LogP) is 3.45. The van der Waals surface area contributed by atoms with Gasteiger partial charge in [-0.1, -0.05) is 42.5 Å². The molecular weight excluding hydrogens is 357 g/mol. The number of nitrogens with one attached hydrogen (secondary N) is 2. The summed E-state index contributed by atoms with van der Waals surface area (Å²) in [5.41, 5.74) is 1.24. The van der Waals surface area contributed by atoms with Crippen LogP contribution in [-0.2, 0) is 17.9 Å². The van der Waals surface area contributed by atoms with Gasteiger partial charge >= 0.3 is 6.03 Å². The van der Waals surface area contributed by atoms with E-state index >= 15 is 0 Å². The van der Waals surface area contributed by atoms with Crippen LogP contribution in [0, 0.1) is 11.2 Å². The number of urea groups is 1. The largest absolute Gasteiger partial charge is 0.351 e. The first-order valence-electron chi connectivity index (χ1n) is 9.56. The van der Waals surface area contributed by atoms with E-state index in [2.05, 4.69) is 10.6 Å². The molecule has 2 N–H and O–H groups in total. The van der Waals surface area contributed by atoms with Crippen molar-refractivity contribution in [2.24, 2.45) is 5.41 Å². The highest BCUT2D eigenvalue weighted by atomic mass is 19.1. The van der Waals surface area contributed by atoms with Crippen molar-refractivity contribution in [3.8, 4) is 0 Å². The van der Waals surface area contributed by atoms with E-state index in [-0.39, 0.29) is 17.8 Å². The number of nitrogens with zero attached hydrogens (tertiary/aromatic N) is 1. The molecule has 2 aromatic carbocycles. The van der Waals surface area contributed by atoms with Crippen LogP contribution in [0.4, 0.5) is 9.18 Å². The average Bonchev–Trinajstić information content (AvgIpc) is 2.72. The van der Waals surface area contributed by atoms with Crippen LogP contribution >= 0.6 is 0 Å². The van der Waals surface area contributed by atoms with Crippen molar-refractivity contribution in [2.75, 3.05) is 13.1 Å². The Bertz CT molecular complexity index is 810. The molecule has 1 heterocycles. The molecule has 148 valence electrons. The highest BCUT2D eigenvalue weighted by molar-refractivity contribution is 5.84. The number of carbonyl (C=O) groups excluding carboxylic acids is 2. The van der Waals surface area contributed by atoms with E-state index in [1.54, 1.807) is 17.0 Å². The molecule has 0 unspecified atom stereocenters. The van der Waals surface area contributed by atoms with E-state index in [1.165, 1.54) is 12.1 Å². The van der Waals surface area contributed by atoms with Crippen LogP contribution in [0.15, 0.2) is 54.6 Å². The summed E-state index contributed by atoms with van der Waals surface area (Å²) >= 11 is 0. The first-order valence-corrected chi connectivity index (χ1v) is 9.56. The first-order chi connectivity index (χ1) is 13.5. The summed E-state index contributed by atoms with van der Waals surface area (Å²) in [4.78, 5) is 27.0. The lowest BCUT2D eigenvalue weighted by atomic mass is 9.81. The lowest BCUT2D eigenvalue weighted by Crippen LogP contribution is -2.53. The second-order valence-electron chi connectivity index (χ2n) is 7.54. The molecule has 5 nitrogen and oxygen atoms in total. The quantitative estimate of drug-likeness (QED) is 0.831. The van der Waals surface area contributed by atoms with Crippen LogP contribution in [0.25, 0.3) is 0 Å². The Morgan fingerprint density at radius 2 is 1.64 bits per heavy atom. The number of piperidine rings is 1. The maximum Gasteiger partial charge on any atom is 0.317 e. The molecule has 1 atom stereocenters. The molecule has 0 aromatic heterocycles. The van der Waals surface area contributed by atoms with Crippen LogP contribution in [-0.4, -0.2) is 29.9 Å². The average molecular weight is 383 g/mol. The van der Waals surface area contributed by atoms with Crippen LogP contribution in [0.3, 0.4) is 0 Å². The van der Waals surface area contributed by atoms with Gasteiger partial charge < -0.3 is 15.5 Å². The molecule has 0 saturated carbocycles. The van der Waals surface area contributed by atoms with Crippen LogP contribution in [0.5, 0.6) is 0 Å². The van der Waals surface area contributed by atoms with E-state index in [0.29, 0.717) is 26.2 Å². The van der Waals surface area contributed by atoms with Gasteiger partial charge in [-0.2, -0.15) is 0 Å². The van der Waals surface area contributed by atoms with Gasteiger partial charge in [-0.25, -0.2) is 9.18 Å². The maximum absolute atomic E-state index is 13.0. The Kier molecular flexibility index (Phi) is 6.29. The second kappa shape index (κ2) is 8.87. The molecule has 0 aliphatic carbocycles. The molecule has 3 amide bonds. The number of rotatable bonds is 5. The predicted molar refractivity (Wildman–Crippen MR) is 106 cm³/mol. The second-order valence-corrected chi connectivity index (χ2v) is 7.54.